The number of nitrogens with zero attached hydrogens (tertiary/aromatic N) is 3. The van der Waals surface area contributed by atoms with Crippen molar-refractivity contribution in [2.75, 3.05) is 36.2 Å². The molecule has 2 aromatic heterocycles. The van der Waals surface area contributed by atoms with Gasteiger partial charge in [0.2, 0.25) is 0 Å². The van der Waals surface area contributed by atoms with Gasteiger partial charge in [0.25, 0.3) is 0 Å². The number of nitrogens with one attached hydrogen (secondary N) is 1. The van der Waals surface area contributed by atoms with Crippen molar-refractivity contribution in [2.45, 2.75) is 6.42 Å². The molecule has 4 aromatic rings. The molecule has 1 fully saturated rings. The molecule has 0 saturated carbocycles. The van der Waals surface area contributed by atoms with E-state index in [-0.39, 0.29) is 5.43 Å². The molecule has 1 aliphatic rings. The second-order valence-electron chi connectivity index (χ2n) is 8.08. The van der Waals surface area contributed by atoms with Gasteiger partial charge in [-0.1, -0.05) is 30.3 Å². The number of ether oxygens (including phenoxy) is 1. The van der Waals surface area contributed by atoms with Gasteiger partial charge in [0.05, 0.1) is 35.2 Å². The van der Waals surface area contributed by atoms with Crippen LogP contribution in [0.2, 0.25) is 0 Å². The number of pyridine rings is 2. The van der Waals surface area contributed by atoms with E-state index >= 15 is 0 Å². The number of aromatic amines is 1. The summed E-state index contributed by atoms with van der Waals surface area (Å²) in [7, 11) is 0. The summed E-state index contributed by atoms with van der Waals surface area (Å²) < 4.78 is 5.55. The van der Waals surface area contributed by atoms with E-state index in [1.807, 2.05) is 42.5 Å². The average molecular weight is 443 g/mol. The molecular formula is C25H26N6O2. The van der Waals surface area contributed by atoms with Crippen molar-refractivity contribution in [2.24, 2.45) is 11.6 Å². The van der Waals surface area contributed by atoms with Crippen molar-refractivity contribution in [3.05, 3.63) is 82.8 Å². The lowest BCUT2D eigenvalue weighted by Gasteiger charge is -2.22. The lowest BCUT2D eigenvalue weighted by molar-refractivity contribution is 0.152. The zero-order chi connectivity index (χ0) is 22.8. The quantitative estimate of drug-likeness (QED) is 0.329. The van der Waals surface area contributed by atoms with Crippen LogP contribution in [0.3, 0.4) is 0 Å². The van der Waals surface area contributed by atoms with Crippen LogP contribution in [0, 0.1) is 0 Å². The van der Waals surface area contributed by atoms with E-state index in [2.05, 4.69) is 14.9 Å². The highest BCUT2D eigenvalue weighted by Gasteiger charge is 2.15. The monoisotopic (exact) mass is 442 g/mol. The maximum Gasteiger partial charge on any atom is 0.191 e. The van der Waals surface area contributed by atoms with Crippen LogP contribution >= 0.6 is 0 Å². The third kappa shape index (κ3) is 4.26. The maximum atomic E-state index is 12.9. The average Bonchev–Trinajstić information content (AvgIpc) is 3.13. The lowest BCUT2D eigenvalue weighted by atomic mass is 10.1. The lowest BCUT2D eigenvalue weighted by Crippen LogP contribution is -2.28. The van der Waals surface area contributed by atoms with Crippen molar-refractivity contribution in [1.29, 1.82) is 0 Å². The van der Waals surface area contributed by atoms with Gasteiger partial charge in [0.15, 0.2) is 5.43 Å². The third-order valence-electron chi connectivity index (χ3n) is 5.88. The molecule has 1 saturated heterocycles. The van der Waals surface area contributed by atoms with Crippen molar-refractivity contribution in [1.82, 2.24) is 9.97 Å². The zero-order valence-corrected chi connectivity index (χ0v) is 18.2. The van der Waals surface area contributed by atoms with Crippen molar-refractivity contribution >= 4 is 39.0 Å². The molecule has 33 heavy (non-hydrogen) atoms. The van der Waals surface area contributed by atoms with Gasteiger partial charge >= 0.3 is 0 Å². The van der Waals surface area contributed by atoms with Crippen LogP contribution < -0.4 is 26.9 Å². The fraction of sp³-hybridized carbons (Fsp3) is 0.200. The van der Waals surface area contributed by atoms with E-state index in [1.165, 1.54) is 5.01 Å². The molecule has 0 atom stereocenters. The molecule has 0 spiro atoms. The van der Waals surface area contributed by atoms with Gasteiger partial charge in [0.1, 0.15) is 5.82 Å². The number of aromatic nitrogens is 2. The summed E-state index contributed by atoms with van der Waals surface area (Å²) in [6, 6.07) is 16.9. The molecule has 0 aliphatic carbocycles. The molecular weight excluding hydrogens is 416 g/mol. The molecule has 1 aliphatic heterocycles. The van der Waals surface area contributed by atoms with Crippen LogP contribution in [-0.2, 0) is 4.74 Å². The highest BCUT2D eigenvalue weighted by molar-refractivity contribution is 5.91. The first-order valence-corrected chi connectivity index (χ1v) is 11.0. The number of hydrogen-bond acceptors (Lipinski definition) is 7. The number of para-hydroxylation sites is 2. The Morgan fingerprint density at radius 2 is 2.00 bits per heavy atom. The number of benzene rings is 2. The second kappa shape index (κ2) is 8.93. The van der Waals surface area contributed by atoms with Crippen molar-refractivity contribution in [3.63, 3.8) is 0 Å². The summed E-state index contributed by atoms with van der Waals surface area (Å²) in [5, 5.41) is 3.01. The molecule has 3 heterocycles. The Kier molecular flexibility index (Phi) is 5.68. The van der Waals surface area contributed by atoms with Crippen LogP contribution in [0.1, 0.15) is 12.0 Å². The smallest absolute Gasteiger partial charge is 0.191 e. The molecule has 8 nitrogen and oxygen atoms in total. The number of fused-ring (bicyclic) bond motifs is 2. The van der Waals surface area contributed by atoms with E-state index in [1.54, 1.807) is 24.5 Å². The third-order valence-corrected chi connectivity index (χ3v) is 5.88. The first-order valence-electron chi connectivity index (χ1n) is 11.0. The minimum absolute atomic E-state index is 0.0538. The number of rotatable bonds is 4. The summed E-state index contributed by atoms with van der Waals surface area (Å²) in [5.41, 5.74) is 9.85. The Hall–Kier alpha value is -3.88. The first-order chi connectivity index (χ1) is 16.1. The molecule has 0 radical (unpaired) electrons. The fourth-order valence-corrected chi connectivity index (χ4v) is 4.15. The van der Waals surface area contributed by atoms with Gasteiger partial charge < -0.3 is 20.4 Å². The predicted molar refractivity (Wildman–Crippen MR) is 133 cm³/mol. The molecule has 8 heteroatoms. The minimum Gasteiger partial charge on any atom is -0.397 e. The van der Waals surface area contributed by atoms with E-state index in [4.69, 9.17) is 16.3 Å². The number of hydrazine groups is 1. The normalized spacial score (nSPS) is 15.1. The second-order valence-corrected chi connectivity index (χ2v) is 8.08. The van der Waals surface area contributed by atoms with Gasteiger partial charge in [-0.2, -0.15) is 0 Å². The van der Waals surface area contributed by atoms with E-state index < -0.39 is 0 Å². The molecule has 5 N–H and O–H groups in total. The SMILES string of the molecule is N/C(=C\N(N)c1cnc2ccccc2c1)c1cccc2c(=O)cc(N3CCCOCC3)[nH]c12. The van der Waals surface area contributed by atoms with E-state index in [0.29, 0.717) is 34.5 Å². The zero-order valence-electron chi connectivity index (χ0n) is 18.2. The van der Waals surface area contributed by atoms with Crippen LogP contribution in [0.5, 0.6) is 0 Å². The standard InChI is InChI=1S/C25H26N6O2/c26-21(16-31(27)18-13-17-5-1-2-8-22(17)28-15-18)19-6-3-7-20-23(32)14-24(29-25(19)20)30-9-4-11-33-12-10-30/h1-3,5-8,13-16H,4,9-12,26-27H2,(H,29,32)/b21-16-. The van der Waals surface area contributed by atoms with Gasteiger partial charge in [-0.3, -0.25) is 14.8 Å². The predicted octanol–water partition coefficient (Wildman–Crippen LogP) is 2.94. The Labute approximate surface area is 191 Å². The summed E-state index contributed by atoms with van der Waals surface area (Å²) >= 11 is 0. The van der Waals surface area contributed by atoms with Crippen molar-refractivity contribution in [3.8, 4) is 0 Å². The van der Waals surface area contributed by atoms with Crippen molar-refractivity contribution < 1.29 is 4.74 Å². The molecule has 0 amide bonds. The largest absolute Gasteiger partial charge is 0.397 e. The summed E-state index contributed by atoms with van der Waals surface area (Å²) in [5.74, 6) is 7.07. The minimum atomic E-state index is -0.0538. The molecule has 2 aromatic carbocycles. The Morgan fingerprint density at radius 3 is 2.91 bits per heavy atom. The van der Waals surface area contributed by atoms with Crippen LogP contribution in [0.4, 0.5) is 11.5 Å². The molecule has 0 unspecified atom stereocenters. The van der Waals surface area contributed by atoms with Gasteiger partial charge in [-0.15, -0.1) is 0 Å². The molecule has 5 rings (SSSR count). The Bertz CT molecular complexity index is 1390. The van der Waals surface area contributed by atoms with E-state index in [9.17, 15) is 4.79 Å². The van der Waals surface area contributed by atoms with Crippen LogP contribution in [-0.4, -0.2) is 36.3 Å². The van der Waals surface area contributed by atoms with Gasteiger partial charge in [0, 0.05) is 48.3 Å². The van der Waals surface area contributed by atoms with Gasteiger partial charge in [-0.05, 0) is 24.6 Å². The van der Waals surface area contributed by atoms with Crippen LogP contribution in [0.25, 0.3) is 27.5 Å². The number of anilines is 2. The Morgan fingerprint density at radius 1 is 1.12 bits per heavy atom. The number of hydrogen-bond donors (Lipinski definition) is 3. The summed E-state index contributed by atoms with van der Waals surface area (Å²) in [6.07, 6.45) is 4.26. The highest BCUT2D eigenvalue weighted by atomic mass is 16.5. The first kappa shape index (κ1) is 21.0. The number of nitrogens with two attached hydrogens (primary N) is 2. The fourth-order valence-electron chi connectivity index (χ4n) is 4.15. The topological polar surface area (TPSA) is 114 Å². The highest BCUT2D eigenvalue weighted by Crippen LogP contribution is 2.24. The maximum absolute atomic E-state index is 12.9. The number of H-pyrrole nitrogens is 1. The van der Waals surface area contributed by atoms with Gasteiger partial charge in [-0.25, -0.2) is 5.84 Å². The summed E-state index contributed by atoms with van der Waals surface area (Å²) in [4.78, 5) is 22.9. The molecule has 168 valence electrons. The molecule has 0 bridgehead atoms. The summed E-state index contributed by atoms with van der Waals surface area (Å²) in [6.45, 7) is 2.90. The van der Waals surface area contributed by atoms with E-state index in [0.717, 1.165) is 42.8 Å². The Balaban J connectivity index is 1.53. The van der Waals surface area contributed by atoms with Crippen LogP contribution in [0.15, 0.2) is 71.8 Å².